The molecule has 0 unspecified atom stereocenters. The number of hydrogen-bond donors (Lipinski definition) is 1. The van der Waals surface area contributed by atoms with Crippen molar-refractivity contribution in [2.45, 2.75) is 38.5 Å². The lowest BCUT2D eigenvalue weighted by Gasteiger charge is -2.29. The monoisotopic (exact) mass is 312 g/mol. The first kappa shape index (κ1) is 15.8. The lowest BCUT2D eigenvalue weighted by atomic mass is 9.94. The third-order valence-electron chi connectivity index (χ3n) is 4.69. The Morgan fingerprint density at radius 2 is 2.09 bits per heavy atom. The van der Waals surface area contributed by atoms with E-state index in [9.17, 15) is 9.59 Å². The minimum atomic E-state index is 0.0748. The van der Waals surface area contributed by atoms with Gasteiger partial charge in [0.1, 0.15) is 0 Å². The molecule has 1 atom stereocenters. The number of aryl methyl sites for hydroxylation is 1. The average molecular weight is 312 g/mol. The fourth-order valence-electron chi connectivity index (χ4n) is 3.40. The minimum Gasteiger partial charge on any atom is -0.355 e. The lowest BCUT2D eigenvalue weighted by Crippen LogP contribution is -2.39. The third-order valence-corrected chi connectivity index (χ3v) is 4.69. The number of hydrogen-bond acceptors (Lipinski definition) is 2. The summed E-state index contributed by atoms with van der Waals surface area (Å²) in [5.74, 6) is 0.257. The van der Waals surface area contributed by atoms with Crippen molar-refractivity contribution in [3.63, 3.8) is 0 Å². The Balaban J connectivity index is 1.50. The number of carbonyl (C=O) groups excluding carboxylic acids is 2. The van der Waals surface area contributed by atoms with Crippen LogP contribution in [-0.2, 0) is 16.0 Å². The molecule has 2 amide bonds. The second-order valence-corrected chi connectivity index (χ2v) is 6.30. The molecular weight excluding hydrogens is 288 g/mol. The summed E-state index contributed by atoms with van der Waals surface area (Å²) in [7, 11) is 0. The highest BCUT2D eigenvalue weighted by atomic mass is 16.2. The minimum absolute atomic E-state index is 0.0748. The fourth-order valence-corrected chi connectivity index (χ4v) is 3.40. The number of amides is 2. The van der Waals surface area contributed by atoms with Gasteiger partial charge in [0.15, 0.2) is 0 Å². The zero-order valence-electron chi connectivity index (χ0n) is 13.5. The molecule has 4 heteroatoms. The van der Waals surface area contributed by atoms with Crippen molar-refractivity contribution in [3.05, 3.63) is 42.0 Å². The summed E-state index contributed by atoms with van der Waals surface area (Å²) in [5.41, 5.74) is 2.28. The molecule has 1 heterocycles. The molecule has 1 aliphatic carbocycles. The molecule has 1 aromatic carbocycles. The van der Waals surface area contributed by atoms with Crippen LogP contribution in [0.25, 0.3) is 0 Å². The van der Waals surface area contributed by atoms with Crippen molar-refractivity contribution in [1.29, 1.82) is 0 Å². The van der Waals surface area contributed by atoms with Gasteiger partial charge in [0, 0.05) is 31.1 Å². The molecule has 0 fully saturated rings. The number of nitrogens with zero attached hydrogens (tertiary/aromatic N) is 1. The molecular formula is C19H24N2O2. The van der Waals surface area contributed by atoms with Crippen molar-refractivity contribution in [2.75, 3.05) is 18.0 Å². The van der Waals surface area contributed by atoms with Gasteiger partial charge in [-0.25, -0.2) is 0 Å². The number of rotatable bonds is 4. The van der Waals surface area contributed by atoms with E-state index >= 15 is 0 Å². The van der Waals surface area contributed by atoms with Crippen LogP contribution in [0.3, 0.4) is 0 Å². The lowest BCUT2D eigenvalue weighted by molar-refractivity contribution is -0.125. The van der Waals surface area contributed by atoms with Crippen molar-refractivity contribution >= 4 is 17.5 Å². The zero-order valence-corrected chi connectivity index (χ0v) is 13.5. The molecule has 1 aromatic rings. The van der Waals surface area contributed by atoms with E-state index in [1.165, 1.54) is 5.56 Å². The highest BCUT2D eigenvalue weighted by molar-refractivity contribution is 5.95. The maximum absolute atomic E-state index is 12.5. The van der Waals surface area contributed by atoms with Crippen LogP contribution in [0, 0.1) is 5.92 Å². The number of para-hydroxylation sites is 1. The molecule has 0 bridgehead atoms. The summed E-state index contributed by atoms with van der Waals surface area (Å²) in [6.45, 7) is 1.20. The van der Waals surface area contributed by atoms with Gasteiger partial charge in [-0.2, -0.15) is 0 Å². The standard InChI is InChI=1S/C19H24N2O2/c22-18(12-13-20-19(23)16-8-2-1-3-9-16)21-14-6-10-15-7-4-5-11-17(15)21/h1-2,4-5,7,11,16H,3,6,8-10,12-14H2,(H,20,23)/t16-/m0/s1. The first-order chi connectivity index (χ1) is 11.3. The van der Waals surface area contributed by atoms with Gasteiger partial charge in [0.25, 0.3) is 0 Å². The molecule has 0 saturated carbocycles. The van der Waals surface area contributed by atoms with Gasteiger partial charge in [-0.15, -0.1) is 0 Å². The number of anilines is 1. The van der Waals surface area contributed by atoms with Crippen LogP contribution in [0.15, 0.2) is 36.4 Å². The normalized spacial score (nSPS) is 20.0. The Kier molecular flexibility index (Phi) is 5.11. The SMILES string of the molecule is O=C(NCCC(=O)N1CCCc2ccccc21)[C@H]1CC=CCC1. The maximum Gasteiger partial charge on any atom is 0.228 e. The first-order valence-corrected chi connectivity index (χ1v) is 8.56. The predicted molar refractivity (Wildman–Crippen MR) is 91.2 cm³/mol. The molecule has 0 spiro atoms. The van der Waals surface area contributed by atoms with Crippen LogP contribution in [0.5, 0.6) is 0 Å². The Hall–Kier alpha value is -2.10. The predicted octanol–water partition coefficient (Wildman–Crippen LogP) is 2.83. The molecule has 23 heavy (non-hydrogen) atoms. The number of carbonyl (C=O) groups is 2. The van der Waals surface area contributed by atoms with Crippen molar-refractivity contribution in [3.8, 4) is 0 Å². The van der Waals surface area contributed by atoms with E-state index in [-0.39, 0.29) is 17.7 Å². The highest BCUT2D eigenvalue weighted by Gasteiger charge is 2.22. The smallest absolute Gasteiger partial charge is 0.228 e. The Morgan fingerprint density at radius 1 is 1.22 bits per heavy atom. The van der Waals surface area contributed by atoms with Crippen LogP contribution < -0.4 is 10.2 Å². The van der Waals surface area contributed by atoms with Crippen LogP contribution in [-0.4, -0.2) is 24.9 Å². The van der Waals surface area contributed by atoms with Crippen molar-refractivity contribution in [2.24, 2.45) is 5.92 Å². The van der Waals surface area contributed by atoms with Gasteiger partial charge in [-0.1, -0.05) is 30.4 Å². The van der Waals surface area contributed by atoms with Gasteiger partial charge in [-0.05, 0) is 43.7 Å². The molecule has 122 valence electrons. The van der Waals surface area contributed by atoms with Crippen molar-refractivity contribution < 1.29 is 9.59 Å². The van der Waals surface area contributed by atoms with Gasteiger partial charge < -0.3 is 10.2 Å². The van der Waals surface area contributed by atoms with Gasteiger partial charge in [0.2, 0.25) is 11.8 Å². The molecule has 0 aromatic heterocycles. The van der Waals surface area contributed by atoms with Gasteiger partial charge >= 0.3 is 0 Å². The molecule has 2 aliphatic rings. The third kappa shape index (κ3) is 3.81. The summed E-state index contributed by atoms with van der Waals surface area (Å²) in [4.78, 5) is 26.4. The average Bonchev–Trinajstić information content (AvgIpc) is 2.61. The van der Waals surface area contributed by atoms with Gasteiger partial charge in [0.05, 0.1) is 0 Å². The van der Waals surface area contributed by atoms with Crippen LogP contribution >= 0.6 is 0 Å². The molecule has 0 saturated heterocycles. The summed E-state index contributed by atoms with van der Waals surface area (Å²) >= 11 is 0. The Bertz CT molecular complexity index is 609. The molecule has 1 N–H and O–H groups in total. The highest BCUT2D eigenvalue weighted by Crippen LogP contribution is 2.27. The molecule has 4 nitrogen and oxygen atoms in total. The number of benzene rings is 1. The maximum atomic E-state index is 12.5. The second-order valence-electron chi connectivity index (χ2n) is 6.30. The Morgan fingerprint density at radius 3 is 2.91 bits per heavy atom. The zero-order chi connectivity index (χ0) is 16.1. The van der Waals surface area contributed by atoms with Crippen LogP contribution in [0.1, 0.15) is 37.7 Å². The van der Waals surface area contributed by atoms with Crippen LogP contribution in [0.2, 0.25) is 0 Å². The molecule has 1 aliphatic heterocycles. The van der Waals surface area contributed by atoms with E-state index in [2.05, 4.69) is 23.5 Å². The number of fused-ring (bicyclic) bond motifs is 1. The summed E-state index contributed by atoms with van der Waals surface area (Å²) in [5, 5.41) is 2.93. The number of allylic oxidation sites excluding steroid dienone is 2. The number of nitrogens with one attached hydrogen (secondary N) is 1. The van der Waals surface area contributed by atoms with E-state index in [1.54, 1.807) is 0 Å². The van der Waals surface area contributed by atoms with E-state index < -0.39 is 0 Å². The topological polar surface area (TPSA) is 49.4 Å². The quantitative estimate of drug-likeness (QED) is 0.869. The van der Waals surface area contributed by atoms with E-state index in [0.717, 1.165) is 44.3 Å². The van der Waals surface area contributed by atoms with Crippen molar-refractivity contribution in [1.82, 2.24) is 5.32 Å². The fraction of sp³-hybridized carbons (Fsp3) is 0.474. The van der Waals surface area contributed by atoms with Gasteiger partial charge in [-0.3, -0.25) is 9.59 Å². The Labute approximate surface area is 137 Å². The summed E-state index contributed by atoms with van der Waals surface area (Å²) in [6.07, 6.45) is 9.30. The summed E-state index contributed by atoms with van der Waals surface area (Å²) in [6, 6.07) is 8.10. The first-order valence-electron chi connectivity index (χ1n) is 8.56. The van der Waals surface area contributed by atoms with E-state index in [1.807, 2.05) is 23.1 Å². The van der Waals surface area contributed by atoms with E-state index in [0.29, 0.717) is 13.0 Å². The summed E-state index contributed by atoms with van der Waals surface area (Å²) < 4.78 is 0. The van der Waals surface area contributed by atoms with E-state index in [4.69, 9.17) is 0 Å². The molecule has 0 radical (unpaired) electrons. The largest absolute Gasteiger partial charge is 0.355 e. The van der Waals surface area contributed by atoms with Crippen LogP contribution in [0.4, 0.5) is 5.69 Å². The molecule has 3 rings (SSSR count). The second kappa shape index (κ2) is 7.44.